The SMILES string of the molecule is CC(=O)C(Cc1ccccc1)NC(=O)COC(=O)c1csc(COc2ccc(C)cc2)n1. The molecule has 1 amide bonds. The fraction of sp³-hybridized carbons (Fsp3) is 0.250. The molecule has 0 bridgehead atoms. The number of aryl methyl sites for hydroxylation is 1. The highest BCUT2D eigenvalue weighted by Crippen LogP contribution is 2.16. The molecule has 0 aliphatic rings. The maximum atomic E-state index is 12.2. The maximum Gasteiger partial charge on any atom is 0.358 e. The smallest absolute Gasteiger partial charge is 0.358 e. The zero-order valence-corrected chi connectivity index (χ0v) is 18.7. The van der Waals surface area contributed by atoms with E-state index in [4.69, 9.17) is 9.47 Å². The van der Waals surface area contributed by atoms with Crippen LogP contribution in [0.3, 0.4) is 0 Å². The molecule has 8 heteroatoms. The van der Waals surface area contributed by atoms with Crippen molar-refractivity contribution in [3.05, 3.63) is 81.8 Å². The number of aromatic nitrogens is 1. The van der Waals surface area contributed by atoms with Gasteiger partial charge in [0, 0.05) is 5.38 Å². The Hall–Kier alpha value is -3.52. The van der Waals surface area contributed by atoms with E-state index in [0.717, 1.165) is 11.1 Å². The largest absolute Gasteiger partial charge is 0.486 e. The molecule has 32 heavy (non-hydrogen) atoms. The monoisotopic (exact) mass is 452 g/mol. The second-order valence-electron chi connectivity index (χ2n) is 7.22. The number of thiazole rings is 1. The first-order valence-corrected chi connectivity index (χ1v) is 10.9. The molecule has 1 unspecified atom stereocenters. The number of benzene rings is 2. The molecule has 0 aliphatic heterocycles. The molecule has 3 rings (SSSR count). The van der Waals surface area contributed by atoms with Gasteiger partial charge in [-0.3, -0.25) is 9.59 Å². The molecule has 2 aromatic carbocycles. The molecule has 0 radical (unpaired) electrons. The van der Waals surface area contributed by atoms with Crippen molar-refractivity contribution in [2.45, 2.75) is 32.9 Å². The van der Waals surface area contributed by atoms with E-state index in [0.29, 0.717) is 17.2 Å². The van der Waals surface area contributed by atoms with Crippen LogP contribution in [0, 0.1) is 6.92 Å². The third-order valence-corrected chi connectivity index (χ3v) is 5.41. The lowest BCUT2D eigenvalue weighted by Gasteiger charge is -2.16. The summed E-state index contributed by atoms with van der Waals surface area (Å²) < 4.78 is 10.7. The summed E-state index contributed by atoms with van der Waals surface area (Å²) in [4.78, 5) is 40.5. The topological polar surface area (TPSA) is 94.6 Å². The Kier molecular flexibility index (Phi) is 8.10. The van der Waals surface area contributed by atoms with Gasteiger partial charge in [0.2, 0.25) is 0 Å². The van der Waals surface area contributed by atoms with Gasteiger partial charge in [-0.05, 0) is 38.0 Å². The minimum atomic E-state index is -0.708. The number of ether oxygens (including phenoxy) is 2. The van der Waals surface area contributed by atoms with Crippen molar-refractivity contribution in [2.24, 2.45) is 0 Å². The molecular formula is C24H24N2O5S. The van der Waals surface area contributed by atoms with Crippen molar-refractivity contribution in [2.75, 3.05) is 6.61 Å². The van der Waals surface area contributed by atoms with E-state index in [1.165, 1.54) is 18.3 Å². The number of amides is 1. The number of nitrogens with one attached hydrogen (secondary N) is 1. The summed E-state index contributed by atoms with van der Waals surface area (Å²) in [7, 11) is 0. The van der Waals surface area contributed by atoms with Crippen LogP contribution in [0.4, 0.5) is 0 Å². The highest BCUT2D eigenvalue weighted by atomic mass is 32.1. The fourth-order valence-corrected chi connectivity index (χ4v) is 3.51. The zero-order valence-electron chi connectivity index (χ0n) is 17.9. The van der Waals surface area contributed by atoms with E-state index in [2.05, 4.69) is 10.3 Å². The summed E-state index contributed by atoms with van der Waals surface area (Å²) in [6.07, 6.45) is 0.367. The molecule has 0 fully saturated rings. The second kappa shape index (κ2) is 11.2. The fourth-order valence-electron chi connectivity index (χ4n) is 2.84. The van der Waals surface area contributed by atoms with Crippen LogP contribution in [0.1, 0.15) is 33.5 Å². The van der Waals surface area contributed by atoms with Gasteiger partial charge in [0.05, 0.1) is 6.04 Å². The van der Waals surface area contributed by atoms with E-state index < -0.39 is 24.5 Å². The lowest BCUT2D eigenvalue weighted by molar-refractivity contribution is -0.128. The van der Waals surface area contributed by atoms with Crippen molar-refractivity contribution in [1.82, 2.24) is 10.3 Å². The molecule has 0 saturated heterocycles. The normalized spacial score (nSPS) is 11.4. The Morgan fingerprint density at radius 1 is 1.06 bits per heavy atom. The van der Waals surface area contributed by atoms with Crippen LogP contribution in [-0.2, 0) is 27.4 Å². The van der Waals surface area contributed by atoms with E-state index in [1.54, 1.807) is 5.38 Å². The molecule has 166 valence electrons. The molecule has 0 saturated carbocycles. The van der Waals surface area contributed by atoms with Gasteiger partial charge in [0.15, 0.2) is 18.1 Å². The zero-order chi connectivity index (χ0) is 22.9. The van der Waals surface area contributed by atoms with E-state index in [1.807, 2.05) is 61.5 Å². The summed E-state index contributed by atoms with van der Waals surface area (Å²) in [5.74, 6) is -0.721. The predicted molar refractivity (Wildman–Crippen MR) is 121 cm³/mol. The van der Waals surface area contributed by atoms with Crippen molar-refractivity contribution in [3.63, 3.8) is 0 Å². The van der Waals surface area contributed by atoms with Gasteiger partial charge in [0.1, 0.15) is 17.4 Å². The number of ketones is 1. The minimum absolute atomic E-state index is 0.109. The number of Topliss-reactive ketones (excluding diaryl/α,β-unsaturated/α-hetero) is 1. The number of carbonyl (C=O) groups excluding carboxylic acids is 3. The summed E-state index contributed by atoms with van der Waals surface area (Å²) in [5.41, 5.74) is 2.17. The van der Waals surface area contributed by atoms with Crippen LogP contribution < -0.4 is 10.1 Å². The van der Waals surface area contributed by atoms with Crippen molar-refractivity contribution < 1.29 is 23.9 Å². The van der Waals surface area contributed by atoms with Gasteiger partial charge in [-0.2, -0.15) is 0 Å². The average Bonchev–Trinajstić information content (AvgIpc) is 3.26. The minimum Gasteiger partial charge on any atom is -0.486 e. The van der Waals surface area contributed by atoms with Gasteiger partial charge in [0.25, 0.3) is 5.91 Å². The van der Waals surface area contributed by atoms with Gasteiger partial charge < -0.3 is 14.8 Å². The van der Waals surface area contributed by atoms with Gasteiger partial charge in [-0.15, -0.1) is 11.3 Å². The number of hydrogen-bond acceptors (Lipinski definition) is 7. The Balaban J connectivity index is 1.46. The van der Waals surface area contributed by atoms with Gasteiger partial charge >= 0.3 is 5.97 Å². The predicted octanol–water partition coefficient (Wildman–Crippen LogP) is 3.50. The van der Waals surface area contributed by atoms with Gasteiger partial charge in [-0.1, -0.05) is 48.0 Å². The molecule has 3 aromatic rings. The lowest BCUT2D eigenvalue weighted by Crippen LogP contribution is -2.43. The van der Waals surface area contributed by atoms with Crippen LogP contribution in [-0.4, -0.2) is 35.3 Å². The molecule has 1 atom stereocenters. The Labute approximate surface area is 190 Å². The lowest BCUT2D eigenvalue weighted by atomic mass is 10.0. The summed E-state index contributed by atoms with van der Waals surface area (Å²) in [5, 5.41) is 4.79. The van der Waals surface area contributed by atoms with E-state index >= 15 is 0 Å². The number of rotatable bonds is 10. The molecular weight excluding hydrogens is 428 g/mol. The quantitative estimate of drug-likeness (QED) is 0.473. The maximum absolute atomic E-state index is 12.2. The highest BCUT2D eigenvalue weighted by molar-refractivity contribution is 7.09. The molecule has 1 heterocycles. The molecule has 7 nitrogen and oxygen atoms in total. The van der Waals surface area contributed by atoms with Crippen LogP contribution in [0.2, 0.25) is 0 Å². The van der Waals surface area contributed by atoms with E-state index in [-0.39, 0.29) is 18.1 Å². The first-order valence-electron chi connectivity index (χ1n) is 10.1. The van der Waals surface area contributed by atoms with Crippen molar-refractivity contribution in [3.8, 4) is 5.75 Å². The van der Waals surface area contributed by atoms with Gasteiger partial charge in [-0.25, -0.2) is 9.78 Å². The van der Waals surface area contributed by atoms with Crippen LogP contribution in [0.15, 0.2) is 60.0 Å². The molecule has 0 spiro atoms. The molecule has 0 aliphatic carbocycles. The third kappa shape index (κ3) is 7.02. The number of nitrogens with zero attached hydrogens (tertiary/aromatic N) is 1. The first-order chi connectivity index (χ1) is 15.4. The Morgan fingerprint density at radius 2 is 1.78 bits per heavy atom. The van der Waals surface area contributed by atoms with Crippen LogP contribution >= 0.6 is 11.3 Å². The summed E-state index contributed by atoms with van der Waals surface area (Å²) >= 11 is 1.27. The highest BCUT2D eigenvalue weighted by Gasteiger charge is 2.20. The second-order valence-corrected chi connectivity index (χ2v) is 8.17. The molecule has 1 N–H and O–H groups in total. The van der Waals surface area contributed by atoms with Crippen molar-refractivity contribution in [1.29, 1.82) is 0 Å². The standard InChI is InChI=1S/C24H24N2O5S/c1-16-8-10-19(11-9-16)30-14-23-26-21(15-32-23)24(29)31-13-22(28)25-20(17(2)27)12-18-6-4-3-5-7-18/h3-11,15,20H,12-14H2,1-2H3,(H,25,28). The summed E-state index contributed by atoms with van der Waals surface area (Å²) in [6.45, 7) is 3.13. The van der Waals surface area contributed by atoms with Crippen molar-refractivity contribution >= 4 is 29.0 Å². The third-order valence-electron chi connectivity index (χ3n) is 4.59. The van der Waals surface area contributed by atoms with Crippen LogP contribution in [0.25, 0.3) is 0 Å². The number of hydrogen-bond donors (Lipinski definition) is 1. The number of esters is 1. The van der Waals surface area contributed by atoms with Crippen LogP contribution in [0.5, 0.6) is 5.75 Å². The first kappa shape index (κ1) is 23.1. The average molecular weight is 453 g/mol. The molecule has 1 aromatic heterocycles. The Morgan fingerprint density at radius 3 is 2.47 bits per heavy atom. The summed E-state index contributed by atoms with van der Waals surface area (Å²) in [6, 6.07) is 16.3. The number of carbonyl (C=O) groups is 3. The Bertz CT molecular complexity index is 1060. The van der Waals surface area contributed by atoms with E-state index in [9.17, 15) is 14.4 Å².